The Labute approximate surface area is 110 Å². The van der Waals surface area contributed by atoms with Crippen molar-refractivity contribution in [3.8, 4) is 5.75 Å². The van der Waals surface area contributed by atoms with Gasteiger partial charge in [0.25, 0.3) is 0 Å². The van der Waals surface area contributed by atoms with Crippen molar-refractivity contribution in [3.63, 3.8) is 0 Å². The third-order valence-corrected chi connectivity index (χ3v) is 2.93. The van der Waals surface area contributed by atoms with Gasteiger partial charge in [0.15, 0.2) is 5.70 Å². The topological polar surface area (TPSA) is 57.1 Å². The molecule has 0 aliphatic carbocycles. The fraction of sp³-hybridized carbons (Fsp3) is 0.286. The van der Waals surface area contributed by atoms with Gasteiger partial charge in [0, 0.05) is 6.42 Å². The summed E-state index contributed by atoms with van der Waals surface area (Å²) in [6.07, 6.45) is 2.19. The van der Waals surface area contributed by atoms with E-state index in [2.05, 4.69) is 4.99 Å². The molecule has 19 heavy (non-hydrogen) atoms. The zero-order valence-electron chi connectivity index (χ0n) is 10.5. The van der Waals surface area contributed by atoms with Crippen molar-refractivity contribution in [3.05, 3.63) is 41.3 Å². The van der Waals surface area contributed by atoms with Crippen LogP contribution >= 0.6 is 0 Å². The van der Waals surface area contributed by atoms with Crippen LogP contribution in [0.15, 0.2) is 35.2 Å². The SMILES string of the molecule is CCO/C=C1\N=C(c2cccc3c2OCC3)OC1=O. The van der Waals surface area contributed by atoms with Gasteiger partial charge in [-0.05, 0) is 18.6 Å². The fourth-order valence-corrected chi connectivity index (χ4v) is 2.05. The lowest BCUT2D eigenvalue weighted by molar-refractivity contribution is -0.130. The van der Waals surface area contributed by atoms with Crippen molar-refractivity contribution in [2.75, 3.05) is 13.2 Å². The van der Waals surface area contributed by atoms with Crippen LogP contribution < -0.4 is 4.74 Å². The molecule has 0 saturated carbocycles. The summed E-state index contributed by atoms with van der Waals surface area (Å²) in [5, 5.41) is 0. The van der Waals surface area contributed by atoms with Gasteiger partial charge in [-0.25, -0.2) is 9.79 Å². The van der Waals surface area contributed by atoms with Crippen LogP contribution in [0.1, 0.15) is 18.1 Å². The van der Waals surface area contributed by atoms with E-state index in [0.29, 0.717) is 18.8 Å². The quantitative estimate of drug-likeness (QED) is 0.472. The predicted molar refractivity (Wildman–Crippen MR) is 68.0 cm³/mol. The number of aliphatic imine (C=N–C) groups is 1. The summed E-state index contributed by atoms with van der Waals surface area (Å²) in [5.74, 6) is 0.528. The van der Waals surface area contributed by atoms with Gasteiger partial charge in [0.1, 0.15) is 12.0 Å². The summed E-state index contributed by atoms with van der Waals surface area (Å²) in [6, 6.07) is 5.74. The molecule has 0 spiro atoms. The summed E-state index contributed by atoms with van der Waals surface area (Å²) in [7, 11) is 0. The molecular weight excluding hydrogens is 246 g/mol. The number of benzene rings is 1. The number of esters is 1. The minimum absolute atomic E-state index is 0.174. The zero-order chi connectivity index (χ0) is 13.2. The number of carbonyl (C=O) groups is 1. The molecule has 2 aliphatic heterocycles. The van der Waals surface area contributed by atoms with E-state index in [1.165, 1.54) is 6.26 Å². The van der Waals surface area contributed by atoms with Gasteiger partial charge >= 0.3 is 5.97 Å². The normalized spacial score (nSPS) is 18.9. The molecule has 0 fully saturated rings. The highest BCUT2D eigenvalue weighted by Gasteiger charge is 2.28. The van der Waals surface area contributed by atoms with Crippen LogP contribution in [0, 0.1) is 0 Å². The maximum absolute atomic E-state index is 11.6. The Morgan fingerprint density at radius 1 is 1.47 bits per heavy atom. The second-order valence-electron chi connectivity index (χ2n) is 4.16. The third-order valence-electron chi connectivity index (χ3n) is 2.93. The fourth-order valence-electron chi connectivity index (χ4n) is 2.05. The number of ether oxygens (including phenoxy) is 3. The molecule has 98 valence electrons. The summed E-state index contributed by atoms with van der Waals surface area (Å²) >= 11 is 0. The Morgan fingerprint density at radius 2 is 2.37 bits per heavy atom. The summed E-state index contributed by atoms with van der Waals surface area (Å²) in [4.78, 5) is 15.8. The van der Waals surface area contributed by atoms with E-state index in [0.717, 1.165) is 17.7 Å². The third kappa shape index (κ3) is 2.07. The number of hydrogen-bond donors (Lipinski definition) is 0. The smallest absolute Gasteiger partial charge is 0.367 e. The van der Waals surface area contributed by atoms with Crippen molar-refractivity contribution < 1.29 is 19.0 Å². The van der Waals surface area contributed by atoms with Crippen molar-refractivity contribution >= 4 is 11.9 Å². The molecule has 0 amide bonds. The van der Waals surface area contributed by atoms with Crippen LogP contribution in [0.25, 0.3) is 0 Å². The Morgan fingerprint density at radius 3 is 3.21 bits per heavy atom. The van der Waals surface area contributed by atoms with Crippen LogP contribution in [-0.4, -0.2) is 25.1 Å². The summed E-state index contributed by atoms with van der Waals surface area (Å²) in [5.41, 5.74) is 1.99. The molecule has 0 aromatic heterocycles. The molecule has 0 unspecified atom stereocenters. The minimum atomic E-state index is -0.501. The molecule has 0 bridgehead atoms. The van der Waals surface area contributed by atoms with Gasteiger partial charge in [-0.1, -0.05) is 12.1 Å². The maximum Gasteiger partial charge on any atom is 0.367 e. The Balaban J connectivity index is 1.96. The van der Waals surface area contributed by atoms with Crippen LogP contribution in [0.3, 0.4) is 0 Å². The molecule has 2 aliphatic rings. The van der Waals surface area contributed by atoms with E-state index >= 15 is 0 Å². The average Bonchev–Trinajstić information content (AvgIpc) is 3.02. The van der Waals surface area contributed by atoms with Gasteiger partial charge in [0.2, 0.25) is 5.90 Å². The van der Waals surface area contributed by atoms with Crippen molar-refractivity contribution in [1.29, 1.82) is 0 Å². The largest absolute Gasteiger partial charge is 0.499 e. The van der Waals surface area contributed by atoms with Crippen LogP contribution in [-0.2, 0) is 20.7 Å². The minimum Gasteiger partial charge on any atom is -0.499 e. The van der Waals surface area contributed by atoms with E-state index in [-0.39, 0.29) is 11.6 Å². The lowest BCUT2D eigenvalue weighted by atomic mass is 10.1. The molecule has 3 rings (SSSR count). The highest BCUT2D eigenvalue weighted by Crippen LogP contribution is 2.31. The van der Waals surface area contributed by atoms with Gasteiger partial charge in [-0.2, -0.15) is 0 Å². The number of hydrogen-bond acceptors (Lipinski definition) is 5. The van der Waals surface area contributed by atoms with Gasteiger partial charge in [-0.15, -0.1) is 0 Å². The number of rotatable bonds is 3. The number of carbonyl (C=O) groups excluding carboxylic acids is 1. The number of para-hydroxylation sites is 1. The first-order valence-electron chi connectivity index (χ1n) is 6.17. The van der Waals surface area contributed by atoms with E-state index in [1.54, 1.807) is 0 Å². The first-order chi connectivity index (χ1) is 9.29. The monoisotopic (exact) mass is 259 g/mol. The van der Waals surface area contributed by atoms with Crippen molar-refractivity contribution in [2.45, 2.75) is 13.3 Å². The molecule has 0 atom stereocenters. The van der Waals surface area contributed by atoms with Crippen molar-refractivity contribution in [1.82, 2.24) is 0 Å². The lowest BCUT2D eigenvalue weighted by Gasteiger charge is -2.05. The second-order valence-corrected chi connectivity index (χ2v) is 4.16. The van der Waals surface area contributed by atoms with E-state index in [9.17, 15) is 4.79 Å². The molecule has 5 nitrogen and oxygen atoms in total. The highest BCUT2D eigenvalue weighted by atomic mass is 16.6. The lowest BCUT2D eigenvalue weighted by Crippen LogP contribution is -2.07. The first-order valence-corrected chi connectivity index (χ1v) is 6.17. The molecule has 1 aromatic carbocycles. The van der Waals surface area contributed by atoms with Gasteiger partial charge in [0.05, 0.1) is 18.8 Å². The van der Waals surface area contributed by atoms with Crippen LogP contribution in [0.4, 0.5) is 0 Å². The van der Waals surface area contributed by atoms with Crippen LogP contribution in [0.2, 0.25) is 0 Å². The Hall–Kier alpha value is -2.30. The Kier molecular flexibility index (Phi) is 2.95. The molecule has 1 aromatic rings. The maximum atomic E-state index is 11.6. The first kappa shape index (κ1) is 11.8. The van der Waals surface area contributed by atoms with Gasteiger partial charge in [-0.3, -0.25) is 0 Å². The zero-order valence-corrected chi connectivity index (χ0v) is 10.5. The van der Waals surface area contributed by atoms with E-state index in [1.807, 2.05) is 25.1 Å². The molecule has 2 heterocycles. The van der Waals surface area contributed by atoms with Crippen LogP contribution in [0.5, 0.6) is 5.75 Å². The number of nitrogens with zero attached hydrogens (tertiary/aromatic N) is 1. The van der Waals surface area contributed by atoms with E-state index in [4.69, 9.17) is 14.2 Å². The summed E-state index contributed by atoms with van der Waals surface area (Å²) in [6.45, 7) is 2.96. The van der Waals surface area contributed by atoms with Crippen molar-refractivity contribution in [2.24, 2.45) is 4.99 Å². The molecule has 5 heteroatoms. The molecule has 0 radical (unpaired) electrons. The average molecular weight is 259 g/mol. The van der Waals surface area contributed by atoms with E-state index < -0.39 is 5.97 Å². The predicted octanol–water partition coefficient (Wildman–Crippen LogP) is 1.80. The summed E-state index contributed by atoms with van der Waals surface area (Å²) < 4.78 is 15.8. The number of fused-ring (bicyclic) bond motifs is 1. The molecule has 0 N–H and O–H groups in total. The standard InChI is InChI=1S/C14H13NO4/c1-2-17-8-11-14(16)19-13(15-11)10-5-3-4-9-6-7-18-12(9)10/h3-5,8H,2,6-7H2,1H3/b11-8-. The number of cyclic esters (lactones) is 1. The second kappa shape index (κ2) is 4.76. The molecular formula is C14H13NO4. The highest BCUT2D eigenvalue weighted by molar-refractivity contribution is 6.12. The Bertz CT molecular complexity index is 589. The van der Waals surface area contributed by atoms with Gasteiger partial charge < -0.3 is 14.2 Å². The molecule has 0 saturated heterocycles.